The zero-order valence-electron chi connectivity index (χ0n) is 54.6. The number of anilines is 7. The Bertz CT molecular complexity index is 3390. The molecule has 0 saturated heterocycles. The van der Waals surface area contributed by atoms with Crippen LogP contribution >= 0.6 is 11.6 Å². The van der Waals surface area contributed by atoms with Crippen LogP contribution in [0, 0.1) is 121 Å². The number of halogens is 1. The van der Waals surface area contributed by atoms with Gasteiger partial charge in [-0.25, -0.2) is 0 Å². The number of methoxy groups -OCH3 is 1. The van der Waals surface area contributed by atoms with Crippen molar-refractivity contribution >= 4 is 138 Å². The standard InChI is InChI=1S/C11H15N3.C10H13N3O.3C10H13N3.C9H10ClN3.C9H11N3/c1-8-6-10(3)11(7-9(8)2)14-13-5-4-12;1-8-7-9(14-2)3-4-10(8)13-12-6-5-11;3*1-8-3-4-10(9(2)7-8)13-12-6-5-11;1-7-6-8(10)2-3-9(7)13-12-5-4-11;1-8-4-2-3-5-9(8)12-11-7-6-10/h4-7,12,14H,1-3H3;3-7,11,13H,1-2H3;3*3-7,11,13H,1-2H3;2-6,11,13H,1H3;2-7,10,12H,1H3/b12-4?,13-5-;4*11-5?,12-6-;11-4?,12-5-;10-6?,11-7-. The molecule has 0 amide bonds. The van der Waals surface area contributed by atoms with Crippen LogP contribution in [0.2, 0.25) is 5.02 Å². The summed E-state index contributed by atoms with van der Waals surface area (Å²) in [6.45, 7) is 24.3. The molecule has 0 aliphatic heterocycles. The highest BCUT2D eigenvalue weighted by atomic mass is 35.5. The average Bonchev–Trinajstić information content (AvgIpc) is 2.29. The predicted octanol–water partition coefficient (Wildman–Crippen LogP) is 16.5. The number of hydrogen-bond donors (Lipinski definition) is 14. The number of nitrogens with zero attached hydrogens (tertiary/aromatic N) is 7. The molecule has 0 fully saturated rings. The van der Waals surface area contributed by atoms with E-state index < -0.39 is 0 Å². The lowest BCUT2D eigenvalue weighted by Crippen LogP contribution is -1.94. The lowest BCUT2D eigenvalue weighted by atomic mass is 10.1. The van der Waals surface area contributed by atoms with Crippen molar-refractivity contribution in [2.24, 2.45) is 35.7 Å². The number of para-hydroxylation sites is 1. The number of nitrogens with one attached hydrogen (secondary N) is 14. The van der Waals surface area contributed by atoms with Gasteiger partial charge in [-0.2, -0.15) is 35.7 Å². The summed E-state index contributed by atoms with van der Waals surface area (Å²) in [5, 5.41) is 74.7. The molecule has 0 aromatic heterocycles. The topological polar surface area (TPSA) is 347 Å². The lowest BCUT2D eigenvalue weighted by Gasteiger charge is -2.08. The number of benzene rings is 7. The second kappa shape index (κ2) is 47.6. The molecule has 0 heterocycles. The molecule has 7 aromatic rings. The van der Waals surface area contributed by atoms with Crippen molar-refractivity contribution in [3.05, 3.63) is 199 Å². The molecule has 7 aromatic carbocycles. The van der Waals surface area contributed by atoms with Crippen molar-refractivity contribution in [1.29, 1.82) is 37.9 Å². The highest BCUT2D eigenvalue weighted by Gasteiger charge is 2.02. The molecule has 0 aliphatic carbocycles. The van der Waals surface area contributed by atoms with Gasteiger partial charge >= 0.3 is 0 Å². The maximum atomic E-state index is 6.78. The largest absolute Gasteiger partial charge is 0.497 e. The van der Waals surface area contributed by atoms with Gasteiger partial charge in [-0.1, -0.05) is 89.0 Å². The van der Waals surface area contributed by atoms with Crippen LogP contribution in [0.3, 0.4) is 0 Å². The summed E-state index contributed by atoms with van der Waals surface area (Å²) in [7, 11) is 1.63. The van der Waals surface area contributed by atoms with Gasteiger partial charge in [-0.05, 0) is 200 Å². The van der Waals surface area contributed by atoms with E-state index in [9.17, 15) is 0 Å². The third-order valence-corrected chi connectivity index (χ3v) is 12.3. The molecule has 22 nitrogen and oxygen atoms in total. The van der Waals surface area contributed by atoms with Crippen LogP contribution in [0.25, 0.3) is 0 Å². The summed E-state index contributed by atoms with van der Waals surface area (Å²) in [4.78, 5) is 0. The zero-order valence-corrected chi connectivity index (χ0v) is 55.4. The van der Waals surface area contributed by atoms with Gasteiger partial charge in [0.15, 0.2) is 0 Å². The fourth-order valence-corrected chi connectivity index (χ4v) is 7.47. The molecule has 0 spiro atoms. The van der Waals surface area contributed by atoms with Crippen LogP contribution in [0.4, 0.5) is 39.8 Å². The molecular formula is C69H88ClN21O. The molecule has 7 rings (SSSR count). The highest BCUT2D eigenvalue weighted by molar-refractivity contribution is 6.30. The van der Waals surface area contributed by atoms with E-state index in [1.165, 1.54) is 71.3 Å². The first kappa shape index (κ1) is 78.6. The summed E-state index contributed by atoms with van der Waals surface area (Å²) < 4.78 is 5.07. The molecule has 482 valence electrons. The quantitative estimate of drug-likeness (QED) is 0.0228. The molecule has 0 saturated carbocycles. The van der Waals surface area contributed by atoms with Crippen LogP contribution in [0.5, 0.6) is 5.75 Å². The van der Waals surface area contributed by atoms with Crippen LogP contribution in [0.1, 0.15) is 66.8 Å². The van der Waals surface area contributed by atoms with Crippen molar-refractivity contribution in [2.75, 3.05) is 45.1 Å². The van der Waals surface area contributed by atoms with Gasteiger partial charge in [0, 0.05) is 48.5 Å². The molecule has 0 unspecified atom stereocenters. The molecular weight excluding hydrogens is 1170 g/mol. The normalized spacial score (nSPS) is 10.3. The number of ether oxygens (including phenoxy) is 1. The van der Waals surface area contributed by atoms with Crippen molar-refractivity contribution in [1.82, 2.24) is 0 Å². The van der Waals surface area contributed by atoms with E-state index in [1.807, 2.05) is 139 Å². The Morgan fingerprint density at radius 1 is 0.283 bits per heavy atom. The minimum Gasteiger partial charge on any atom is -0.497 e. The monoisotopic (exact) mass is 1260 g/mol. The van der Waals surface area contributed by atoms with Gasteiger partial charge in [0.25, 0.3) is 0 Å². The van der Waals surface area contributed by atoms with Crippen LogP contribution in [-0.4, -0.2) is 94.1 Å². The maximum absolute atomic E-state index is 6.78. The Morgan fingerprint density at radius 2 is 0.554 bits per heavy atom. The summed E-state index contributed by atoms with van der Waals surface area (Å²) >= 11 is 5.78. The fourth-order valence-electron chi connectivity index (χ4n) is 7.25. The Balaban J connectivity index is 0.000000537. The second-order valence-corrected chi connectivity index (χ2v) is 20.0. The third-order valence-electron chi connectivity index (χ3n) is 12.1. The van der Waals surface area contributed by atoms with Crippen LogP contribution in [-0.2, 0) is 0 Å². The van der Waals surface area contributed by atoms with Crippen molar-refractivity contribution in [3.63, 3.8) is 0 Å². The van der Waals surface area contributed by atoms with E-state index in [-0.39, 0.29) is 0 Å². The first-order valence-corrected chi connectivity index (χ1v) is 28.8. The fraction of sp³-hybridized carbons (Fsp3) is 0.188. The van der Waals surface area contributed by atoms with Gasteiger partial charge in [-0.3, -0.25) is 38.0 Å². The number of aryl methyl sites for hydroxylation is 12. The molecule has 0 radical (unpaired) electrons. The first-order chi connectivity index (χ1) is 44.2. The Kier molecular flexibility index (Phi) is 40.7. The van der Waals surface area contributed by atoms with Crippen LogP contribution in [0.15, 0.2) is 163 Å². The Morgan fingerprint density at radius 3 is 0.859 bits per heavy atom. The number of hydrazone groups is 7. The number of rotatable bonds is 22. The Hall–Kier alpha value is -11.4. The summed E-state index contributed by atoms with van der Waals surface area (Å²) in [5.74, 6) is 0.823. The van der Waals surface area contributed by atoms with Crippen molar-refractivity contribution < 1.29 is 4.74 Å². The van der Waals surface area contributed by atoms with Gasteiger partial charge in [0.1, 0.15) is 5.75 Å². The summed E-state index contributed by atoms with van der Waals surface area (Å²) in [6, 6.07) is 41.4. The average molecular weight is 1260 g/mol. The first-order valence-electron chi connectivity index (χ1n) is 28.5. The van der Waals surface area contributed by atoms with Gasteiger partial charge in [0.05, 0.1) is 90.4 Å². The molecule has 92 heavy (non-hydrogen) atoms. The van der Waals surface area contributed by atoms with Crippen molar-refractivity contribution in [3.8, 4) is 5.75 Å². The molecule has 23 heteroatoms. The minimum atomic E-state index is 0.707. The molecule has 0 atom stereocenters. The van der Waals surface area contributed by atoms with E-state index in [0.717, 1.165) is 128 Å². The SMILES string of the molecule is COc1ccc(N/N=C\C=N)c(C)c1.Cc1cc(C)c(N/N=C\C=N)cc1C.Cc1cc(Cl)ccc1N/N=C\C=N.Cc1ccc(N/N=C\C=N)c(C)c1.Cc1ccc(N/N=C\C=N)c(C)c1.Cc1ccc(N/N=C\C=N)c(C)c1.Cc1ccccc1N/N=C\C=N. The Labute approximate surface area is 547 Å². The highest BCUT2D eigenvalue weighted by Crippen LogP contribution is 2.23. The van der Waals surface area contributed by atoms with E-state index in [4.69, 9.17) is 54.2 Å². The van der Waals surface area contributed by atoms with Gasteiger partial charge < -0.3 is 42.6 Å². The van der Waals surface area contributed by atoms with E-state index in [1.54, 1.807) is 13.2 Å². The van der Waals surface area contributed by atoms with Crippen LogP contribution < -0.4 is 42.7 Å². The molecule has 0 aliphatic rings. The van der Waals surface area contributed by atoms with E-state index >= 15 is 0 Å². The maximum Gasteiger partial charge on any atom is 0.119 e. The second-order valence-electron chi connectivity index (χ2n) is 19.6. The van der Waals surface area contributed by atoms with Gasteiger partial charge in [-0.15, -0.1) is 0 Å². The molecule has 0 bridgehead atoms. The lowest BCUT2D eigenvalue weighted by molar-refractivity contribution is 0.414. The van der Waals surface area contributed by atoms with E-state index in [0.29, 0.717) is 5.02 Å². The smallest absolute Gasteiger partial charge is 0.119 e. The number of hydrogen-bond acceptors (Lipinski definition) is 22. The molecule has 14 N–H and O–H groups in total. The summed E-state index contributed by atoms with van der Waals surface area (Å²) in [5.41, 5.74) is 40.7. The van der Waals surface area contributed by atoms with Gasteiger partial charge in [0.2, 0.25) is 0 Å². The zero-order chi connectivity index (χ0) is 68.5. The third kappa shape index (κ3) is 34.2. The summed E-state index contributed by atoms with van der Waals surface area (Å²) in [6.07, 6.45) is 17.7. The van der Waals surface area contributed by atoms with Crippen molar-refractivity contribution in [2.45, 2.75) is 83.1 Å². The predicted molar refractivity (Wildman–Crippen MR) is 400 cm³/mol. The van der Waals surface area contributed by atoms with E-state index in [2.05, 4.69) is 139 Å². The minimum absolute atomic E-state index is 0.707.